The third-order valence-corrected chi connectivity index (χ3v) is 8.00. The van der Waals surface area contributed by atoms with E-state index in [4.69, 9.17) is 5.73 Å². The SMILES string of the molecule is CS(=O)(=O)c1ccc(NC2CCC2)c(C(=O)N2CCC[C@@H]2C(=O)N[C@H](N)c2ccc(C(F)(F)F)cc2F)c1. The molecule has 1 saturated carbocycles. The highest BCUT2D eigenvalue weighted by atomic mass is 32.2. The van der Waals surface area contributed by atoms with Gasteiger partial charge in [-0.1, -0.05) is 6.07 Å². The number of nitrogens with zero attached hydrogens (tertiary/aromatic N) is 1. The Balaban J connectivity index is 1.55. The summed E-state index contributed by atoms with van der Waals surface area (Å²) < 4.78 is 77.2. The number of carbonyl (C=O) groups excluding carboxylic acids is 2. The Bertz CT molecular complexity index is 1350. The number of nitrogens with one attached hydrogen (secondary N) is 2. The molecule has 206 valence electrons. The van der Waals surface area contributed by atoms with Crippen LogP contribution in [0.1, 0.15) is 59.8 Å². The summed E-state index contributed by atoms with van der Waals surface area (Å²) in [6, 6.07) is 5.24. The number of likely N-dealkylation sites (tertiary alicyclic amines) is 1. The van der Waals surface area contributed by atoms with Gasteiger partial charge in [0.05, 0.1) is 16.0 Å². The van der Waals surface area contributed by atoms with Crippen LogP contribution in [-0.4, -0.2) is 50.0 Å². The van der Waals surface area contributed by atoms with Gasteiger partial charge in [-0.25, -0.2) is 12.8 Å². The van der Waals surface area contributed by atoms with E-state index in [0.717, 1.165) is 31.6 Å². The van der Waals surface area contributed by atoms with Crippen molar-refractivity contribution < 1.29 is 35.6 Å². The molecule has 1 heterocycles. The number of alkyl halides is 3. The average Bonchev–Trinajstić information content (AvgIpc) is 3.29. The molecule has 1 aliphatic carbocycles. The minimum absolute atomic E-state index is 0.0417. The van der Waals surface area contributed by atoms with E-state index < -0.39 is 51.4 Å². The van der Waals surface area contributed by atoms with E-state index in [-0.39, 0.29) is 35.0 Å². The monoisotopic (exact) mass is 556 g/mol. The summed E-state index contributed by atoms with van der Waals surface area (Å²) in [5.41, 5.74) is 4.93. The molecule has 2 aromatic rings. The maximum Gasteiger partial charge on any atom is 0.416 e. The maximum atomic E-state index is 14.3. The third-order valence-electron chi connectivity index (χ3n) is 6.89. The van der Waals surface area contributed by atoms with Crippen molar-refractivity contribution >= 4 is 27.3 Å². The molecule has 38 heavy (non-hydrogen) atoms. The number of rotatable bonds is 7. The standard InChI is InChI=1S/C25H28F4N4O4S/c1-38(36,37)16-8-10-20(31-15-4-2-5-15)18(13-16)24(35)33-11-3-6-21(33)23(34)32-22(30)17-9-7-14(12-19(17)26)25(27,28)29/h7-10,12-13,15,21-22,31H,2-6,11,30H2,1H3,(H,32,34)/t21-,22+/m1/s1. The van der Waals surface area contributed by atoms with Gasteiger partial charge < -0.3 is 21.3 Å². The van der Waals surface area contributed by atoms with Crippen molar-refractivity contribution in [3.8, 4) is 0 Å². The van der Waals surface area contributed by atoms with Crippen LogP contribution < -0.4 is 16.4 Å². The van der Waals surface area contributed by atoms with Crippen LogP contribution in [-0.2, 0) is 20.8 Å². The topological polar surface area (TPSA) is 122 Å². The quantitative estimate of drug-likeness (QED) is 0.354. The van der Waals surface area contributed by atoms with Gasteiger partial charge in [0, 0.05) is 30.1 Å². The molecule has 2 fully saturated rings. The normalized spacial score (nSPS) is 19.1. The average molecular weight is 557 g/mol. The van der Waals surface area contributed by atoms with E-state index in [0.29, 0.717) is 24.2 Å². The van der Waals surface area contributed by atoms with Crippen LogP contribution in [0.5, 0.6) is 0 Å². The minimum atomic E-state index is -4.74. The molecular formula is C25H28F4N4O4S. The Kier molecular flexibility index (Phi) is 7.71. The van der Waals surface area contributed by atoms with Crippen LogP contribution in [0.25, 0.3) is 0 Å². The minimum Gasteiger partial charge on any atom is -0.382 e. The molecule has 0 bridgehead atoms. The lowest BCUT2D eigenvalue weighted by atomic mass is 9.92. The van der Waals surface area contributed by atoms with E-state index in [1.807, 2.05) is 0 Å². The van der Waals surface area contributed by atoms with E-state index in [1.165, 1.54) is 23.1 Å². The van der Waals surface area contributed by atoms with Crippen LogP contribution >= 0.6 is 0 Å². The molecule has 1 aliphatic heterocycles. The van der Waals surface area contributed by atoms with Gasteiger partial charge >= 0.3 is 6.18 Å². The van der Waals surface area contributed by atoms with Gasteiger partial charge in [-0.05, 0) is 62.4 Å². The molecule has 13 heteroatoms. The van der Waals surface area contributed by atoms with Crippen LogP contribution in [0.3, 0.4) is 0 Å². The van der Waals surface area contributed by atoms with Gasteiger partial charge in [0.2, 0.25) is 5.91 Å². The number of carbonyl (C=O) groups is 2. The van der Waals surface area contributed by atoms with Crippen molar-refractivity contribution in [2.24, 2.45) is 5.73 Å². The van der Waals surface area contributed by atoms with Crippen LogP contribution in [0.15, 0.2) is 41.3 Å². The van der Waals surface area contributed by atoms with E-state index in [2.05, 4.69) is 10.6 Å². The van der Waals surface area contributed by atoms with Crippen LogP contribution in [0.4, 0.5) is 23.2 Å². The Hall–Kier alpha value is -3.19. The Morgan fingerprint density at radius 2 is 1.79 bits per heavy atom. The first kappa shape index (κ1) is 27.8. The van der Waals surface area contributed by atoms with Gasteiger partial charge in [0.15, 0.2) is 9.84 Å². The fourth-order valence-electron chi connectivity index (χ4n) is 4.55. The van der Waals surface area contributed by atoms with E-state index >= 15 is 0 Å². The lowest BCUT2D eigenvalue weighted by Crippen LogP contribution is -2.48. The summed E-state index contributed by atoms with van der Waals surface area (Å²) in [5.74, 6) is -2.48. The fourth-order valence-corrected chi connectivity index (χ4v) is 5.20. The zero-order valence-corrected chi connectivity index (χ0v) is 21.3. The molecule has 8 nitrogen and oxygen atoms in total. The number of anilines is 1. The van der Waals surface area contributed by atoms with Gasteiger partial charge in [0.1, 0.15) is 18.0 Å². The molecule has 0 aromatic heterocycles. The summed E-state index contributed by atoms with van der Waals surface area (Å²) in [6.07, 6.45) is -1.55. The van der Waals surface area contributed by atoms with Crippen molar-refractivity contribution in [3.63, 3.8) is 0 Å². The number of amides is 2. The number of nitrogens with two attached hydrogens (primary N) is 1. The molecule has 2 aliphatic rings. The van der Waals surface area contributed by atoms with Crippen molar-refractivity contribution in [1.29, 1.82) is 0 Å². The van der Waals surface area contributed by atoms with Gasteiger partial charge in [-0.2, -0.15) is 13.2 Å². The first-order valence-electron chi connectivity index (χ1n) is 12.1. The van der Waals surface area contributed by atoms with Crippen LogP contribution in [0, 0.1) is 5.82 Å². The van der Waals surface area contributed by atoms with Gasteiger partial charge in [-0.15, -0.1) is 0 Å². The summed E-state index contributed by atoms with van der Waals surface area (Å²) in [6.45, 7) is 0.215. The molecule has 2 amide bonds. The molecule has 0 spiro atoms. The van der Waals surface area contributed by atoms with Crippen molar-refractivity contribution in [2.45, 2.75) is 61.4 Å². The summed E-state index contributed by atoms with van der Waals surface area (Å²) in [5, 5.41) is 5.65. The number of hydrogen-bond donors (Lipinski definition) is 3. The van der Waals surface area contributed by atoms with Crippen molar-refractivity contribution in [2.75, 3.05) is 18.1 Å². The smallest absolute Gasteiger partial charge is 0.382 e. The summed E-state index contributed by atoms with van der Waals surface area (Å²) >= 11 is 0. The van der Waals surface area contributed by atoms with E-state index in [1.54, 1.807) is 0 Å². The lowest BCUT2D eigenvalue weighted by Gasteiger charge is -2.30. The molecule has 4 N–H and O–H groups in total. The fraction of sp³-hybridized carbons (Fsp3) is 0.440. The summed E-state index contributed by atoms with van der Waals surface area (Å²) in [4.78, 5) is 27.9. The van der Waals surface area contributed by atoms with Crippen molar-refractivity contribution in [3.05, 3.63) is 58.9 Å². The predicted molar refractivity (Wildman–Crippen MR) is 131 cm³/mol. The zero-order valence-electron chi connectivity index (χ0n) is 20.5. The maximum absolute atomic E-state index is 14.3. The lowest BCUT2D eigenvalue weighted by molar-refractivity contribution is -0.137. The molecule has 0 unspecified atom stereocenters. The second-order valence-electron chi connectivity index (χ2n) is 9.63. The largest absolute Gasteiger partial charge is 0.416 e. The van der Waals surface area contributed by atoms with Gasteiger partial charge in [-0.3, -0.25) is 9.59 Å². The summed E-state index contributed by atoms with van der Waals surface area (Å²) in [7, 11) is -3.61. The molecule has 1 saturated heterocycles. The third kappa shape index (κ3) is 5.93. The van der Waals surface area contributed by atoms with E-state index in [9.17, 15) is 35.6 Å². The second kappa shape index (κ2) is 10.5. The number of hydrogen-bond acceptors (Lipinski definition) is 6. The first-order valence-corrected chi connectivity index (χ1v) is 14.0. The highest BCUT2D eigenvalue weighted by Crippen LogP contribution is 2.32. The van der Waals surface area contributed by atoms with Crippen molar-refractivity contribution in [1.82, 2.24) is 10.2 Å². The zero-order chi connectivity index (χ0) is 27.8. The van der Waals surface area contributed by atoms with Gasteiger partial charge in [0.25, 0.3) is 5.91 Å². The number of halogens is 4. The molecular weight excluding hydrogens is 528 g/mol. The Morgan fingerprint density at radius 1 is 1.08 bits per heavy atom. The highest BCUT2D eigenvalue weighted by molar-refractivity contribution is 7.90. The van der Waals surface area contributed by atoms with Crippen LogP contribution in [0.2, 0.25) is 0 Å². The number of benzene rings is 2. The number of sulfone groups is 1. The second-order valence-corrected chi connectivity index (χ2v) is 11.6. The molecule has 2 atom stereocenters. The first-order chi connectivity index (χ1) is 17.8. The molecule has 2 aromatic carbocycles. The molecule has 4 rings (SSSR count). The Labute approximate surface area is 217 Å². The highest BCUT2D eigenvalue weighted by Gasteiger charge is 2.37. The predicted octanol–water partition coefficient (Wildman–Crippen LogP) is 3.59. The Morgan fingerprint density at radius 3 is 2.37 bits per heavy atom. The molecule has 0 radical (unpaired) electrons.